The molecule has 0 bridgehead atoms. The molecule has 49 heavy (non-hydrogen) atoms. The predicted octanol–water partition coefficient (Wildman–Crippen LogP) is 9.04. The number of rotatable bonds is 5. The highest BCUT2D eigenvalue weighted by atomic mass is 35.5. The van der Waals surface area contributed by atoms with E-state index in [0.717, 1.165) is 4.90 Å². The van der Waals surface area contributed by atoms with Crippen molar-refractivity contribution < 1.29 is 38.1 Å². The van der Waals surface area contributed by atoms with Gasteiger partial charge in [-0.1, -0.05) is 23.2 Å². The van der Waals surface area contributed by atoms with Gasteiger partial charge in [0.15, 0.2) is 0 Å². The Hall–Kier alpha value is -2.71. The van der Waals surface area contributed by atoms with Gasteiger partial charge in [-0.3, -0.25) is 9.59 Å². The molecule has 2 aromatic rings. The quantitative estimate of drug-likeness (QED) is 0.0707. The summed E-state index contributed by atoms with van der Waals surface area (Å²) in [6, 6.07) is 2.97. The molecule has 18 heteroatoms. The summed E-state index contributed by atoms with van der Waals surface area (Å²) in [6.45, 7) is 20.4. The lowest BCUT2D eigenvalue weighted by Gasteiger charge is -2.28. The van der Waals surface area contributed by atoms with Crippen LogP contribution in [0, 0.1) is 0 Å². The predicted molar refractivity (Wildman–Crippen MR) is 188 cm³/mol. The number of alkyl halides is 1. The molecule has 0 fully saturated rings. The van der Waals surface area contributed by atoms with E-state index in [1.54, 1.807) is 89.2 Å². The van der Waals surface area contributed by atoms with Crippen LogP contribution in [0.25, 0.3) is 0 Å². The number of aromatic nitrogens is 4. The molecule has 2 heterocycles. The van der Waals surface area contributed by atoms with Crippen LogP contribution in [-0.4, -0.2) is 71.4 Å². The highest BCUT2D eigenvalue weighted by molar-refractivity contribution is 6.32. The number of halogens is 5. The normalized spacial score (nSPS) is 11.5. The number of nitrogens with zero attached hydrogens (tertiary/aromatic N) is 5. The second-order valence-corrected chi connectivity index (χ2v) is 15.7. The molecule has 2 aromatic heterocycles. The second kappa shape index (κ2) is 19.6. The van der Waals surface area contributed by atoms with Crippen LogP contribution < -0.4 is 0 Å². The molecule has 0 radical (unpaired) electrons. The SMILES string of the molecule is CC(C)(C)OC(=O)CC(=O)OC(C)(C)C.CC(C)(C)OC(=O)N(Cc1cc(Cl)nc(Cl)n1)C(=O)OC(C)(C)C.ClCc1cc(Cl)nc(Cl)n1. The maximum absolute atomic E-state index is 12.4. The van der Waals surface area contributed by atoms with Crippen molar-refractivity contribution in [3.8, 4) is 0 Å². The Bertz CT molecular complexity index is 1340. The molecule has 0 aliphatic heterocycles. The molecule has 0 aromatic carbocycles. The molecule has 0 saturated carbocycles. The Balaban J connectivity index is 0.000000782. The molecule has 2 amide bonds. The maximum atomic E-state index is 12.4. The van der Waals surface area contributed by atoms with Gasteiger partial charge in [0.25, 0.3) is 0 Å². The average Bonchev–Trinajstić information content (AvgIpc) is 2.82. The third-order valence-corrected chi connectivity index (χ3v) is 5.25. The first kappa shape index (κ1) is 46.3. The molecule has 276 valence electrons. The van der Waals surface area contributed by atoms with Crippen molar-refractivity contribution in [3.63, 3.8) is 0 Å². The second-order valence-electron chi connectivity index (χ2n) is 13.9. The van der Waals surface area contributed by atoms with Crippen molar-refractivity contribution in [2.75, 3.05) is 0 Å². The van der Waals surface area contributed by atoms with Crippen LogP contribution in [0.4, 0.5) is 9.59 Å². The van der Waals surface area contributed by atoms with Crippen molar-refractivity contribution in [1.29, 1.82) is 0 Å². The molecule has 0 unspecified atom stereocenters. The number of carbonyl (C=O) groups excluding carboxylic acids is 4. The zero-order chi connectivity index (χ0) is 38.5. The van der Waals surface area contributed by atoms with Gasteiger partial charge in [0.2, 0.25) is 10.6 Å². The highest BCUT2D eigenvalue weighted by Gasteiger charge is 2.32. The zero-order valence-electron chi connectivity index (χ0n) is 29.7. The van der Waals surface area contributed by atoms with Crippen molar-refractivity contribution in [3.05, 3.63) is 44.4 Å². The highest BCUT2D eigenvalue weighted by Crippen LogP contribution is 2.19. The maximum Gasteiger partial charge on any atom is 0.420 e. The standard InChI is InChI=1S/C15H21Cl2N3O4.C11H20O4.C5H3Cl3N2/c1-14(2,3)23-12(21)20(13(22)24-15(4,5)6)8-9-7-10(16)19-11(17)18-9;1-10(2,3)14-8(12)7-9(13)15-11(4,5)6;6-2-3-1-4(7)10-5(8)9-3/h7H,8H2,1-6H3;7H2,1-6H3;1H,2H2. The van der Waals surface area contributed by atoms with E-state index in [1.807, 2.05) is 0 Å². The molecule has 0 atom stereocenters. The van der Waals surface area contributed by atoms with Crippen LogP contribution in [0.15, 0.2) is 12.1 Å². The Labute approximate surface area is 312 Å². The molecule has 0 N–H and O–H groups in total. The van der Waals surface area contributed by atoms with Gasteiger partial charge in [-0.2, -0.15) is 0 Å². The fourth-order valence-corrected chi connectivity index (χ4v) is 3.92. The van der Waals surface area contributed by atoms with E-state index in [4.69, 9.17) is 77.0 Å². The van der Waals surface area contributed by atoms with Crippen molar-refractivity contribution >= 4 is 82.1 Å². The fourth-order valence-electron chi connectivity index (χ4n) is 2.89. The summed E-state index contributed by atoms with van der Waals surface area (Å²) in [5, 5.41) is 0.447. The van der Waals surface area contributed by atoms with E-state index in [1.165, 1.54) is 6.07 Å². The number of esters is 2. The van der Waals surface area contributed by atoms with E-state index in [9.17, 15) is 19.2 Å². The topological polar surface area (TPSA) is 160 Å². The zero-order valence-corrected chi connectivity index (χ0v) is 33.4. The number of imide groups is 1. The third kappa shape index (κ3) is 24.1. The summed E-state index contributed by atoms with van der Waals surface area (Å²) in [6.07, 6.45) is -2.06. The monoisotopic (exact) mass is 789 g/mol. The lowest BCUT2D eigenvalue weighted by Crippen LogP contribution is -2.43. The van der Waals surface area contributed by atoms with Crippen LogP contribution in [-0.2, 0) is 41.0 Å². The van der Waals surface area contributed by atoms with Crippen LogP contribution in [0.1, 0.15) is 101 Å². The molecule has 0 saturated heterocycles. The number of carbonyl (C=O) groups is 4. The Morgan fingerprint density at radius 2 is 0.898 bits per heavy atom. The molecule has 0 aliphatic rings. The number of hydrogen-bond acceptors (Lipinski definition) is 12. The van der Waals surface area contributed by atoms with Gasteiger partial charge >= 0.3 is 24.1 Å². The van der Waals surface area contributed by atoms with Crippen LogP contribution in [0.2, 0.25) is 20.9 Å². The summed E-state index contributed by atoms with van der Waals surface area (Å²) >= 11 is 28.0. The van der Waals surface area contributed by atoms with E-state index in [0.29, 0.717) is 16.7 Å². The lowest BCUT2D eigenvalue weighted by atomic mass is 10.2. The summed E-state index contributed by atoms with van der Waals surface area (Å²) < 4.78 is 20.5. The van der Waals surface area contributed by atoms with Crippen LogP contribution in [0.3, 0.4) is 0 Å². The van der Waals surface area contributed by atoms with Gasteiger partial charge in [-0.25, -0.2) is 34.4 Å². The molecule has 2 rings (SSSR count). The van der Waals surface area contributed by atoms with Gasteiger partial charge < -0.3 is 18.9 Å². The first-order valence-electron chi connectivity index (χ1n) is 14.6. The molecule has 13 nitrogen and oxygen atoms in total. The minimum absolute atomic E-state index is 0.0918. The van der Waals surface area contributed by atoms with E-state index in [-0.39, 0.29) is 34.4 Å². The van der Waals surface area contributed by atoms with Crippen molar-refractivity contribution in [1.82, 2.24) is 24.8 Å². The number of hydrogen-bond donors (Lipinski definition) is 0. The Morgan fingerprint density at radius 1 is 0.571 bits per heavy atom. The van der Waals surface area contributed by atoms with Crippen molar-refractivity contribution in [2.24, 2.45) is 0 Å². The molecule has 0 aliphatic carbocycles. The van der Waals surface area contributed by atoms with Crippen molar-refractivity contribution in [2.45, 2.75) is 124 Å². The first-order valence-corrected chi connectivity index (χ1v) is 16.6. The molecular weight excluding hydrogens is 748 g/mol. The summed E-state index contributed by atoms with van der Waals surface area (Å²) in [5.41, 5.74) is -1.79. The Morgan fingerprint density at radius 3 is 1.20 bits per heavy atom. The van der Waals surface area contributed by atoms with Crippen LogP contribution >= 0.6 is 58.0 Å². The number of ether oxygens (including phenoxy) is 4. The molecular formula is C31H44Cl5N5O8. The largest absolute Gasteiger partial charge is 0.460 e. The van der Waals surface area contributed by atoms with Gasteiger partial charge in [0.1, 0.15) is 39.1 Å². The minimum Gasteiger partial charge on any atom is -0.460 e. The van der Waals surface area contributed by atoms with Gasteiger partial charge in [0.05, 0.1) is 23.8 Å². The summed E-state index contributed by atoms with van der Waals surface area (Å²) in [5.74, 6) is -0.824. The van der Waals surface area contributed by atoms with E-state index >= 15 is 0 Å². The average molecular weight is 792 g/mol. The third-order valence-electron chi connectivity index (χ3n) is 4.25. The lowest BCUT2D eigenvalue weighted by molar-refractivity contribution is -0.166. The van der Waals surface area contributed by atoms with Gasteiger partial charge in [0, 0.05) is 0 Å². The van der Waals surface area contributed by atoms with Gasteiger partial charge in [-0.05, 0) is 118 Å². The van der Waals surface area contributed by atoms with E-state index < -0.39 is 46.5 Å². The van der Waals surface area contributed by atoms with Gasteiger partial charge in [-0.15, -0.1) is 11.6 Å². The number of amides is 2. The Kier molecular flexibility index (Phi) is 18.5. The fraction of sp³-hybridized carbons (Fsp3) is 0.613. The molecule has 0 spiro atoms. The smallest absolute Gasteiger partial charge is 0.420 e. The first-order chi connectivity index (χ1) is 22.0. The van der Waals surface area contributed by atoms with Crippen LogP contribution in [0.5, 0.6) is 0 Å². The summed E-state index contributed by atoms with van der Waals surface area (Å²) in [4.78, 5) is 63.1. The summed E-state index contributed by atoms with van der Waals surface area (Å²) in [7, 11) is 0. The van der Waals surface area contributed by atoms with E-state index in [2.05, 4.69) is 19.9 Å². The minimum atomic E-state index is -0.859.